The van der Waals surface area contributed by atoms with E-state index >= 15 is 0 Å². The molecule has 1 saturated heterocycles. The van der Waals surface area contributed by atoms with E-state index in [0.717, 1.165) is 57.2 Å². The van der Waals surface area contributed by atoms with Crippen LogP contribution in [0.5, 0.6) is 5.75 Å². The Bertz CT molecular complexity index is 675. The maximum atomic E-state index is 12.0. The van der Waals surface area contributed by atoms with Crippen molar-refractivity contribution in [2.45, 2.75) is 64.9 Å². The lowest BCUT2D eigenvalue weighted by Gasteiger charge is -2.33. The van der Waals surface area contributed by atoms with Crippen molar-refractivity contribution in [2.75, 3.05) is 32.8 Å². The molecule has 0 bridgehead atoms. The second-order valence-corrected chi connectivity index (χ2v) is 8.17. The number of nitrogens with one attached hydrogen (secondary N) is 1. The predicted octanol–water partition coefficient (Wildman–Crippen LogP) is 3.79. The molecule has 166 valence electrons. The molecule has 0 spiro atoms. The van der Waals surface area contributed by atoms with Crippen molar-refractivity contribution in [2.24, 2.45) is 10.9 Å². The van der Waals surface area contributed by atoms with Crippen molar-refractivity contribution in [3.8, 4) is 5.75 Å². The number of ether oxygens (including phenoxy) is 2. The zero-order chi connectivity index (χ0) is 21.2. The molecule has 0 aromatic heterocycles. The molecule has 0 amide bonds. The summed E-state index contributed by atoms with van der Waals surface area (Å²) in [4.78, 5) is 19.0. The summed E-state index contributed by atoms with van der Waals surface area (Å²) >= 11 is 0. The Morgan fingerprint density at radius 1 is 1.10 bits per heavy atom. The van der Waals surface area contributed by atoms with Crippen LogP contribution in [0, 0.1) is 5.92 Å². The Kier molecular flexibility index (Phi) is 8.84. The molecule has 6 heteroatoms. The number of hydrogen-bond donors (Lipinski definition) is 1. The molecule has 1 aliphatic heterocycles. The van der Waals surface area contributed by atoms with E-state index in [9.17, 15) is 4.79 Å². The maximum absolute atomic E-state index is 12.0. The van der Waals surface area contributed by atoms with Crippen molar-refractivity contribution >= 4 is 11.9 Å². The van der Waals surface area contributed by atoms with Gasteiger partial charge in [0.1, 0.15) is 5.75 Å². The number of guanidine groups is 1. The minimum Gasteiger partial charge on any atom is -0.490 e. The summed E-state index contributed by atoms with van der Waals surface area (Å²) in [6.45, 7) is 7.65. The summed E-state index contributed by atoms with van der Waals surface area (Å²) in [5, 5.41) is 3.40. The topological polar surface area (TPSA) is 63.2 Å². The lowest BCUT2D eigenvalue weighted by Crippen LogP contribution is -2.46. The standard InChI is InChI=1S/C24H37N3O3/c1-3-25-24(27-17-14-20(15-18-27)23(28)29-4-2)26-16-13-19-9-11-22(12-10-19)30-21-7-5-6-8-21/h9-12,20-21H,3-8,13-18H2,1-2H3,(H,25,26). The van der Waals surface area contributed by atoms with E-state index in [2.05, 4.69) is 41.4 Å². The molecule has 0 atom stereocenters. The summed E-state index contributed by atoms with van der Waals surface area (Å²) in [5.41, 5.74) is 1.27. The Labute approximate surface area is 181 Å². The second-order valence-electron chi connectivity index (χ2n) is 8.17. The van der Waals surface area contributed by atoms with Gasteiger partial charge < -0.3 is 19.7 Å². The molecule has 1 saturated carbocycles. The van der Waals surface area contributed by atoms with Gasteiger partial charge in [0, 0.05) is 26.2 Å². The zero-order valence-corrected chi connectivity index (χ0v) is 18.6. The fourth-order valence-electron chi connectivity index (χ4n) is 4.24. The molecular formula is C24H37N3O3. The monoisotopic (exact) mass is 415 g/mol. The average molecular weight is 416 g/mol. The number of esters is 1. The first kappa shape index (κ1) is 22.4. The van der Waals surface area contributed by atoms with Crippen molar-refractivity contribution in [1.29, 1.82) is 0 Å². The van der Waals surface area contributed by atoms with Gasteiger partial charge in [-0.15, -0.1) is 0 Å². The van der Waals surface area contributed by atoms with Crippen LogP contribution in [0.15, 0.2) is 29.3 Å². The Morgan fingerprint density at radius 2 is 1.80 bits per heavy atom. The first-order valence-electron chi connectivity index (χ1n) is 11.6. The lowest BCUT2D eigenvalue weighted by atomic mass is 9.97. The maximum Gasteiger partial charge on any atom is 0.309 e. The molecule has 3 rings (SSSR count). The normalized spacial score (nSPS) is 18.5. The smallest absolute Gasteiger partial charge is 0.309 e. The van der Waals surface area contributed by atoms with Gasteiger partial charge in [0.05, 0.1) is 18.6 Å². The van der Waals surface area contributed by atoms with Crippen LogP contribution in [-0.4, -0.2) is 55.7 Å². The highest BCUT2D eigenvalue weighted by Crippen LogP contribution is 2.24. The summed E-state index contributed by atoms with van der Waals surface area (Å²) in [6.07, 6.45) is 7.89. The van der Waals surface area contributed by atoms with E-state index < -0.39 is 0 Å². The van der Waals surface area contributed by atoms with Crippen LogP contribution in [-0.2, 0) is 16.0 Å². The number of aliphatic imine (C=N–C) groups is 1. The second kappa shape index (κ2) is 11.8. The van der Waals surface area contributed by atoms with E-state index in [1.165, 1.54) is 31.2 Å². The number of carbonyl (C=O) groups is 1. The van der Waals surface area contributed by atoms with Gasteiger partial charge in [-0.05, 0) is 76.5 Å². The van der Waals surface area contributed by atoms with E-state index in [1.807, 2.05) is 6.92 Å². The van der Waals surface area contributed by atoms with E-state index in [1.54, 1.807) is 0 Å². The molecule has 1 aromatic rings. The van der Waals surface area contributed by atoms with Gasteiger partial charge >= 0.3 is 5.97 Å². The molecule has 6 nitrogen and oxygen atoms in total. The van der Waals surface area contributed by atoms with Gasteiger partial charge in [-0.3, -0.25) is 9.79 Å². The molecule has 1 N–H and O–H groups in total. The fraction of sp³-hybridized carbons (Fsp3) is 0.667. The molecule has 30 heavy (non-hydrogen) atoms. The summed E-state index contributed by atoms with van der Waals surface area (Å²) in [6, 6.07) is 8.47. The lowest BCUT2D eigenvalue weighted by molar-refractivity contribution is -0.149. The van der Waals surface area contributed by atoms with Crippen LogP contribution in [0.1, 0.15) is 57.9 Å². The Morgan fingerprint density at radius 3 is 2.43 bits per heavy atom. The van der Waals surface area contributed by atoms with Crippen LogP contribution in [0.25, 0.3) is 0 Å². The van der Waals surface area contributed by atoms with Crippen molar-refractivity contribution in [3.05, 3.63) is 29.8 Å². The van der Waals surface area contributed by atoms with E-state index in [4.69, 9.17) is 14.5 Å². The van der Waals surface area contributed by atoms with E-state index in [-0.39, 0.29) is 11.9 Å². The number of nitrogens with zero attached hydrogens (tertiary/aromatic N) is 2. The van der Waals surface area contributed by atoms with Crippen molar-refractivity contribution in [1.82, 2.24) is 10.2 Å². The third-order valence-electron chi connectivity index (χ3n) is 5.94. The quantitative estimate of drug-likeness (QED) is 0.398. The Hall–Kier alpha value is -2.24. The number of likely N-dealkylation sites (tertiary alicyclic amines) is 1. The molecular weight excluding hydrogens is 378 g/mol. The molecule has 2 fully saturated rings. The fourth-order valence-corrected chi connectivity index (χ4v) is 4.24. The van der Waals surface area contributed by atoms with Gasteiger partial charge in [-0.2, -0.15) is 0 Å². The molecule has 1 aliphatic carbocycles. The highest BCUT2D eigenvalue weighted by atomic mass is 16.5. The minimum absolute atomic E-state index is 0.0223. The first-order valence-corrected chi connectivity index (χ1v) is 11.6. The first-order chi connectivity index (χ1) is 14.7. The average Bonchev–Trinajstić information content (AvgIpc) is 3.28. The summed E-state index contributed by atoms with van der Waals surface area (Å²) in [7, 11) is 0. The molecule has 1 aromatic carbocycles. The molecule has 2 aliphatic rings. The Balaban J connectivity index is 1.47. The molecule has 0 unspecified atom stereocenters. The van der Waals surface area contributed by atoms with Gasteiger partial charge in [0.15, 0.2) is 5.96 Å². The van der Waals surface area contributed by atoms with Crippen LogP contribution in [0.4, 0.5) is 0 Å². The third kappa shape index (κ3) is 6.64. The highest BCUT2D eigenvalue weighted by molar-refractivity contribution is 5.80. The van der Waals surface area contributed by atoms with Gasteiger partial charge in [0.2, 0.25) is 0 Å². The van der Waals surface area contributed by atoms with Crippen LogP contribution in [0.2, 0.25) is 0 Å². The predicted molar refractivity (Wildman–Crippen MR) is 120 cm³/mol. The largest absolute Gasteiger partial charge is 0.490 e. The molecule has 1 heterocycles. The van der Waals surface area contributed by atoms with E-state index in [0.29, 0.717) is 12.7 Å². The van der Waals surface area contributed by atoms with Gasteiger partial charge in [-0.1, -0.05) is 12.1 Å². The number of benzene rings is 1. The minimum atomic E-state index is -0.0561. The van der Waals surface area contributed by atoms with Crippen molar-refractivity contribution in [3.63, 3.8) is 0 Å². The van der Waals surface area contributed by atoms with Crippen LogP contribution < -0.4 is 10.1 Å². The van der Waals surface area contributed by atoms with Gasteiger partial charge in [0.25, 0.3) is 0 Å². The third-order valence-corrected chi connectivity index (χ3v) is 5.94. The number of piperidine rings is 1. The highest BCUT2D eigenvalue weighted by Gasteiger charge is 2.27. The SMILES string of the molecule is CCNC(=NCCc1ccc(OC2CCCC2)cc1)N1CCC(C(=O)OCC)CC1. The van der Waals surface area contributed by atoms with Crippen LogP contribution in [0.3, 0.4) is 0 Å². The number of hydrogen-bond acceptors (Lipinski definition) is 4. The summed E-state index contributed by atoms with van der Waals surface area (Å²) in [5.74, 6) is 1.89. The van der Waals surface area contributed by atoms with Gasteiger partial charge in [-0.25, -0.2) is 0 Å². The van der Waals surface area contributed by atoms with Crippen molar-refractivity contribution < 1.29 is 14.3 Å². The number of rotatable bonds is 8. The number of carbonyl (C=O) groups excluding carboxylic acids is 1. The van der Waals surface area contributed by atoms with Crippen LogP contribution >= 0.6 is 0 Å². The summed E-state index contributed by atoms with van der Waals surface area (Å²) < 4.78 is 11.2. The zero-order valence-electron chi connectivity index (χ0n) is 18.6. The molecule has 0 radical (unpaired) electrons.